The lowest BCUT2D eigenvalue weighted by atomic mass is 9.97. The number of rotatable bonds is 0. The average Bonchev–Trinajstić information content (AvgIpc) is 2.75. The van der Waals surface area contributed by atoms with E-state index < -0.39 is 0 Å². The Hall–Kier alpha value is -2.55. The molecular weight excluding hydrogens is 238 g/mol. The molecule has 1 amide bonds. The first-order valence-electron chi connectivity index (χ1n) is 6.22. The van der Waals surface area contributed by atoms with Gasteiger partial charge < -0.3 is 10.1 Å². The van der Waals surface area contributed by atoms with Crippen LogP contribution in [-0.4, -0.2) is 12.5 Å². The Balaban J connectivity index is 2.09. The maximum Gasteiger partial charge on any atom is 0.252 e. The topological polar surface area (TPSA) is 38.3 Å². The summed E-state index contributed by atoms with van der Waals surface area (Å²) in [5.41, 5.74) is 3.61. The predicted octanol–water partition coefficient (Wildman–Crippen LogP) is 2.83. The molecule has 3 heteroatoms. The summed E-state index contributed by atoms with van der Waals surface area (Å²) in [6.07, 6.45) is 0. The van der Waals surface area contributed by atoms with E-state index in [1.165, 1.54) is 0 Å². The summed E-state index contributed by atoms with van der Waals surface area (Å²) < 4.78 is 5.97. The summed E-state index contributed by atoms with van der Waals surface area (Å²) in [7, 11) is 0. The Labute approximate surface area is 110 Å². The van der Waals surface area contributed by atoms with Gasteiger partial charge in [0.05, 0.1) is 5.57 Å². The smallest absolute Gasteiger partial charge is 0.252 e. The highest BCUT2D eigenvalue weighted by Gasteiger charge is 2.31. The van der Waals surface area contributed by atoms with Crippen molar-refractivity contribution >= 4 is 17.1 Å². The van der Waals surface area contributed by atoms with Crippen molar-refractivity contribution < 1.29 is 9.53 Å². The van der Waals surface area contributed by atoms with E-state index in [0.29, 0.717) is 6.54 Å². The monoisotopic (exact) mass is 249 g/mol. The van der Waals surface area contributed by atoms with Crippen LogP contribution in [0.3, 0.4) is 0 Å². The largest absolute Gasteiger partial charge is 0.456 e. The van der Waals surface area contributed by atoms with Crippen LogP contribution >= 0.6 is 0 Å². The molecule has 0 unspecified atom stereocenters. The number of ether oxygens (including phenoxy) is 1. The molecule has 2 heterocycles. The van der Waals surface area contributed by atoms with Gasteiger partial charge >= 0.3 is 0 Å². The fraction of sp³-hybridized carbons (Fsp3) is 0.0625. The predicted molar refractivity (Wildman–Crippen MR) is 72.8 cm³/mol. The molecule has 2 aliphatic heterocycles. The molecule has 2 aromatic rings. The van der Waals surface area contributed by atoms with Gasteiger partial charge in [0.25, 0.3) is 5.91 Å². The Morgan fingerprint density at radius 2 is 1.53 bits per heavy atom. The van der Waals surface area contributed by atoms with Crippen LogP contribution in [0.1, 0.15) is 11.1 Å². The third kappa shape index (κ3) is 1.41. The van der Waals surface area contributed by atoms with Crippen molar-refractivity contribution in [2.75, 3.05) is 6.54 Å². The molecule has 0 spiro atoms. The molecule has 3 nitrogen and oxygen atoms in total. The highest BCUT2D eigenvalue weighted by atomic mass is 16.5. The van der Waals surface area contributed by atoms with Gasteiger partial charge in [-0.15, -0.1) is 0 Å². The van der Waals surface area contributed by atoms with E-state index in [0.717, 1.165) is 33.8 Å². The number of benzene rings is 2. The number of carbonyl (C=O) groups is 1. The molecule has 0 radical (unpaired) electrons. The maximum absolute atomic E-state index is 12.1. The molecule has 4 rings (SSSR count). The lowest BCUT2D eigenvalue weighted by Gasteiger charge is -2.10. The SMILES string of the molecule is O=C1NCC2=C1c1ccccc1Oc1ccccc12. The minimum atomic E-state index is -0.0252. The van der Waals surface area contributed by atoms with Gasteiger partial charge in [-0.25, -0.2) is 0 Å². The normalized spacial score (nSPS) is 15.9. The van der Waals surface area contributed by atoms with Crippen LogP contribution < -0.4 is 10.1 Å². The number of amides is 1. The summed E-state index contributed by atoms with van der Waals surface area (Å²) in [4.78, 5) is 12.1. The van der Waals surface area contributed by atoms with Crippen LogP contribution in [0.2, 0.25) is 0 Å². The highest BCUT2D eigenvalue weighted by Crippen LogP contribution is 2.43. The second-order valence-corrected chi connectivity index (χ2v) is 4.63. The molecule has 0 aliphatic carbocycles. The highest BCUT2D eigenvalue weighted by molar-refractivity contribution is 6.31. The van der Waals surface area contributed by atoms with Gasteiger partial charge in [0.15, 0.2) is 0 Å². The van der Waals surface area contributed by atoms with E-state index in [4.69, 9.17) is 4.74 Å². The summed E-state index contributed by atoms with van der Waals surface area (Å²) >= 11 is 0. The molecular formula is C16H11NO2. The molecule has 0 saturated heterocycles. The van der Waals surface area contributed by atoms with Crippen LogP contribution in [0.25, 0.3) is 11.1 Å². The molecule has 2 aliphatic rings. The van der Waals surface area contributed by atoms with Crippen LogP contribution in [0.15, 0.2) is 48.5 Å². The Kier molecular flexibility index (Phi) is 2.03. The van der Waals surface area contributed by atoms with E-state index >= 15 is 0 Å². The second-order valence-electron chi connectivity index (χ2n) is 4.63. The summed E-state index contributed by atoms with van der Waals surface area (Å²) in [6.45, 7) is 0.558. The van der Waals surface area contributed by atoms with Crippen molar-refractivity contribution in [1.29, 1.82) is 0 Å². The summed E-state index contributed by atoms with van der Waals surface area (Å²) in [6, 6.07) is 15.5. The van der Waals surface area contributed by atoms with E-state index in [1.54, 1.807) is 0 Å². The Morgan fingerprint density at radius 1 is 0.895 bits per heavy atom. The third-order valence-electron chi connectivity index (χ3n) is 3.54. The van der Waals surface area contributed by atoms with E-state index in [1.807, 2.05) is 48.5 Å². The van der Waals surface area contributed by atoms with Crippen LogP contribution in [0.5, 0.6) is 11.5 Å². The van der Waals surface area contributed by atoms with E-state index in [9.17, 15) is 4.79 Å². The van der Waals surface area contributed by atoms with Gasteiger partial charge in [-0.1, -0.05) is 36.4 Å². The minimum absolute atomic E-state index is 0.0252. The summed E-state index contributed by atoms with van der Waals surface area (Å²) in [5.74, 6) is 1.51. The molecule has 0 saturated carbocycles. The maximum atomic E-state index is 12.1. The summed E-state index contributed by atoms with van der Waals surface area (Å²) in [5, 5.41) is 2.90. The molecule has 1 N–H and O–H groups in total. The number of carbonyl (C=O) groups excluding carboxylic acids is 1. The van der Waals surface area contributed by atoms with Gasteiger partial charge in [-0.2, -0.15) is 0 Å². The van der Waals surface area contributed by atoms with Crippen LogP contribution in [0, 0.1) is 0 Å². The quantitative estimate of drug-likeness (QED) is 0.779. The van der Waals surface area contributed by atoms with Crippen molar-refractivity contribution in [2.24, 2.45) is 0 Å². The zero-order valence-electron chi connectivity index (χ0n) is 10.1. The van der Waals surface area contributed by atoms with Crippen molar-refractivity contribution in [2.45, 2.75) is 0 Å². The van der Waals surface area contributed by atoms with Crippen molar-refractivity contribution in [3.8, 4) is 11.5 Å². The molecule has 0 bridgehead atoms. The zero-order chi connectivity index (χ0) is 12.8. The Morgan fingerprint density at radius 3 is 2.32 bits per heavy atom. The molecule has 0 aromatic heterocycles. The molecule has 92 valence electrons. The Bertz CT molecular complexity index is 731. The van der Waals surface area contributed by atoms with Gasteiger partial charge in [0.1, 0.15) is 11.5 Å². The molecule has 2 aromatic carbocycles. The first kappa shape index (κ1) is 10.4. The molecule has 19 heavy (non-hydrogen) atoms. The van der Waals surface area contributed by atoms with Gasteiger partial charge in [-0.05, 0) is 17.7 Å². The fourth-order valence-electron chi connectivity index (χ4n) is 2.68. The van der Waals surface area contributed by atoms with Crippen LogP contribution in [-0.2, 0) is 4.79 Å². The standard InChI is InChI=1S/C16H11NO2/c18-16-15-11-6-2-4-8-14(11)19-13-7-3-1-5-10(13)12(15)9-17-16/h1-8H,9H2,(H,17,18). The molecule has 0 atom stereocenters. The first-order chi connectivity index (χ1) is 9.34. The average molecular weight is 249 g/mol. The molecule has 0 fully saturated rings. The lowest BCUT2D eigenvalue weighted by Crippen LogP contribution is -2.17. The zero-order valence-corrected chi connectivity index (χ0v) is 10.1. The number of fused-ring (bicyclic) bond motifs is 4. The van der Waals surface area contributed by atoms with Crippen molar-refractivity contribution in [3.05, 3.63) is 59.7 Å². The van der Waals surface area contributed by atoms with E-state index in [2.05, 4.69) is 5.32 Å². The number of hydrogen-bond donors (Lipinski definition) is 1. The van der Waals surface area contributed by atoms with Crippen molar-refractivity contribution in [3.63, 3.8) is 0 Å². The van der Waals surface area contributed by atoms with Gasteiger partial charge in [0, 0.05) is 17.7 Å². The number of nitrogens with one attached hydrogen (secondary N) is 1. The van der Waals surface area contributed by atoms with Gasteiger partial charge in [0.2, 0.25) is 0 Å². The van der Waals surface area contributed by atoms with Crippen LogP contribution in [0.4, 0.5) is 0 Å². The fourth-order valence-corrected chi connectivity index (χ4v) is 2.68. The number of para-hydroxylation sites is 2. The minimum Gasteiger partial charge on any atom is -0.456 e. The van der Waals surface area contributed by atoms with Crippen molar-refractivity contribution in [1.82, 2.24) is 5.32 Å². The number of hydrogen-bond acceptors (Lipinski definition) is 2. The second kappa shape index (κ2) is 3.72. The first-order valence-corrected chi connectivity index (χ1v) is 6.22. The lowest BCUT2D eigenvalue weighted by molar-refractivity contribution is -0.114. The van der Waals surface area contributed by atoms with E-state index in [-0.39, 0.29) is 5.91 Å². The van der Waals surface area contributed by atoms with Gasteiger partial charge in [-0.3, -0.25) is 4.79 Å². The third-order valence-corrected chi connectivity index (χ3v) is 3.54.